The molecule has 1 atom stereocenters. The Balaban J connectivity index is 2.08. The Morgan fingerprint density at radius 1 is 1.48 bits per heavy atom. The Morgan fingerprint density at radius 3 is 2.90 bits per heavy atom. The summed E-state index contributed by atoms with van der Waals surface area (Å²) in [7, 11) is 3.57. The second-order valence-electron chi connectivity index (χ2n) is 6.00. The minimum Gasteiger partial charge on any atom is -0.497 e. The van der Waals surface area contributed by atoms with Gasteiger partial charge in [0.25, 0.3) is 0 Å². The van der Waals surface area contributed by atoms with Crippen molar-refractivity contribution in [2.24, 2.45) is 0 Å². The molecule has 4 heteroatoms. The molecule has 0 saturated carbocycles. The van der Waals surface area contributed by atoms with Gasteiger partial charge in [0.1, 0.15) is 5.75 Å². The van der Waals surface area contributed by atoms with E-state index in [0.29, 0.717) is 12.6 Å². The molecule has 1 aromatic rings. The van der Waals surface area contributed by atoms with E-state index in [4.69, 9.17) is 4.74 Å². The molecule has 2 rings (SSSR count). The summed E-state index contributed by atoms with van der Waals surface area (Å²) in [4.78, 5) is 16.4. The first-order chi connectivity index (χ1) is 10.0. The molecular weight excluding hydrogens is 264 g/mol. The van der Waals surface area contributed by atoms with Crippen LogP contribution in [-0.2, 0) is 4.79 Å². The Labute approximate surface area is 127 Å². The van der Waals surface area contributed by atoms with Gasteiger partial charge < -0.3 is 9.64 Å². The molecule has 1 aliphatic rings. The van der Waals surface area contributed by atoms with E-state index in [1.54, 1.807) is 7.11 Å². The smallest absolute Gasteiger partial charge is 0.236 e. The first-order valence-electron chi connectivity index (χ1n) is 7.66. The van der Waals surface area contributed by atoms with E-state index in [-0.39, 0.29) is 11.9 Å². The second-order valence-corrected chi connectivity index (χ2v) is 6.00. The van der Waals surface area contributed by atoms with Crippen LogP contribution in [0.4, 0.5) is 0 Å². The summed E-state index contributed by atoms with van der Waals surface area (Å²) in [6, 6.07) is 8.76. The van der Waals surface area contributed by atoms with Gasteiger partial charge in [0.05, 0.1) is 13.7 Å². The molecule has 1 heterocycles. The van der Waals surface area contributed by atoms with Gasteiger partial charge in [-0.1, -0.05) is 12.1 Å². The summed E-state index contributed by atoms with van der Waals surface area (Å²) >= 11 is 0. The topological polar surface area (TPSA) is 32.8 Å². The monoisotopic (exact) mass is 290 g/mol. The number of likely N-dealkylation sites (N-methyl/N-ethyl adjacent to an activating group) is 1. The SMILES string of the molecule is COc1cccc(C2CCCN2CC(=O)N(C)C(C)C)c1. The van der Waals surface area contributed by atoms with Crippen LogP contribution in [0.2, 0.25) is 0 Å². The Hall–Kier alpha value is -1.55. The molecule has 1 fully saturated rings. The summed E-state index contributed by atoms with van der Waals surface area (Å²) in [5.41, 5.74) is 1.24. The van der Waals surface area contributed by atoms with Crippen molar-refractivity contribution >= 4 is 5.91 Å². The third kappa shape index (κ3) is 3.76. The summed E-state index contributed by atoms with van der Waals surface area (Å²) in [5.74, 6) is 1.07. The lowest BCUT2D eigenvalue weighted by Gasteiger charge is -2.28. The van der Waals surface area contributed by atoms with Crippen molar-refractivity contribution in [1.82, 2.24) is 9.80 Å². The van der Waals surface area contributed by atoms with Gasteiger partial charge >= 0.3 is 0 Å². The first kappa shape index (κ1) is 15.8. The molecule has 0 spiro atoms. The number of benzene rings is 1. The molecule has 0 aromatic heterocycles. The van der Waals surface area contributed by atoms with Gasteiger partial charge in [0.15, 0.2) is 0 Å². The van der Waals surface area contributed by atoms with Crippen LogP contribution in [0, 0.1) is 0 Å². The number of rotatable bonds is 5. The molecule has 1 aromatic carbocycles. The van der Waals surface area contributed by atoms with E-state index in [1.165, 1.54) is 5.56 Å². The van der Waals surface area contributed by atoms with Crippen LogP contribution in [0.15, 0.2) is 24.3 Å². The highest BCUT2D eigenvalue weighted by molar-refractivity contribution is 5.78. The number of carbonyl (C=O) groups excluding carboxylic acids is 1. The van der Waals surface area contributed by atoms with Gasteiger partial charge in [-0.3, -0.25) is 9.69 Å². The van der Waals surface area contributed by atoms with Gasteiger partial charge in [-0.2, -0.15) is 0 Å². The lowest BCUT2D eigenvalue weighted by Crippen LogP contribution is -2.41. The number of likely N-dealkylation sites (tertiary alicyclic amines) is 1. The van der Waals surface area contributed by atoms with E-state index in [9.17, 15) is 4.79 Å². The predicted octanol–water partition coefficient (Wildman–Crippen LogP) is 2.70. The summed E-state index contributed by atoms with van der Waals surface area (Å²) in [5, 5.41) is 0. The molecule has 0 radical (unpaired) electrons. The van der Waals surface area contributed by atoms with Gasteiger partial charge in [-0.25, -0.2) is 0 Å². The van der Waals surface area contributed by atoms with Crippen molar-refractivity contribution < 1.29 is 9.53 Å². The van der Waals surface area contributed by atoms with Crippen LogP contribution in [0.3, 0.4) is 0 Å². The molecule has 21 heavy (non-hydrogen) atoms. The fourth-order valence-corrected chi connectivity index (χ4v) is 2.81. The number of carbonyl (C=O) groups is 1. The lowest BCUT2D eigenvalue weighted by molar-refractivity contribution is -0.132. The minimum atomic E-state index is 0.194. The van der Waals surface area contributed by atoms with Crippen LogP contribution >= 0.6 is 0 Å². The fraction of sp³-hybridized carbons (Fsp3) is 0.588. The van der Waals surface area contributed by atoms with Crippen LogP contribution in [0.5, 0.6) is 5.75 Å². The van der Waals surface area contributed by atoms with Gasteiger partial charge in [0, 0.05) is 19.1 Å². The molecule has 116 valence electrons. The number of methoxy groups -OCH3 is 1. The van der Waals surface area contributed by atoms with E-state index in [2.05, 4.69) is 17.0 Å². The van der Waals surface area contributed by atoms with Gasteiger partial charge in [-0.05, 0) is 50.9 Å². The Morgan fingerprint density at radius 2 is 2.24 bits per heavy atom. The zero-order valence-corrected chi connectivity index (χ0v) is 13.5. The Bertz CT molecular complexity index is 487. The quantitative estimate of drug-likeness (QED) is 0.836. The Kier molecular flexibility index (Phi) is 5.23. The van der Waals surface area contributed by atoms with E-state index < -0.39 is 0 Å². The van der Waals surface area contributed by atoms with E-state index in [0.717, 1.165) is 25.1 Å². The van der Waals surface area contributed by atoms with Crippen LogP contribution < -0.4 is 4.74 Å². The lowest BCUT2D eigenvalue weighted by atomic mass is 10.0. The molecule has 1 unspecified atom stereocenters. The highest BCUT2D eigenvalue weighted by Crippen LogP contribution is 2.33. The maximum Gasteiger partial charge on any atom is 0.236 e. The molecule has 4 nitrogen and oxygen atoms in total. The minimum absolute atomic E-state index is 0.194. The average molecular weight is 290 g/mol. The van der Waals surface area contributed by atoms with E-state index >= 15 is 0 Å². The van der Waals surface area contributed by atoms with Crippen molar-refractivity contribution in [2.45, 2.75) is 38.8 Å². The maximum atomic E-state index is 12.3. The average Bonchev–Trinajstić information content (AvgIpc) is 2.94. The predicted molar refractivity (Wildman–Crippen MR) is 84.4 cm³/mol. The fourth-order valence-electron chi connectivity index (χ4n) is 2.81. The number of ether oxygens (including phenoxy) is 1. The van der Waals surface area contributed by atoms with Crippen molar-refractivity contribution in [1.29, 1.82) is 0 Å². The second kappa shape index (κ2) is 6.94. The molecule has 0 aliphatic carbocycles. The highest BCUT2D eigenvalue weighted by Gasteiger charge is 2.28. The zero-order valence-electron chi connectivity index (χ0n) is 13.5. The molecule has 0 bridgehead atoms. The number of nitrogens with zero attached hydrogens (tertiary/aromatic N) is 2. The normalized spacial score (nSPS) is 19.0. The van der Waals surface area contributed by atoms with Crippen LogP contribution in [0.25, 0.3) is 0 Å². The molecule has 1 amide bonds. The molecule has 0 N–H and O–H groups in total. The summed E-state index contributed by atoms with van der Waals surface area (Å²) in [6.07, 6.45) is 2.24. The van der Waals surface area contributed by atoms with Crippen molar-refractivity contribution in [3.05, 3.63) is 29.8 Å². The summed E-state index contributed by atoms with van der Waals surface area (Å²) in [6.45, 7) is 5.57. The summed E-state index contributed by atoms with van der Waals surface area (Å²) < 4.78 is 5.31. The molecule has 1 aliphatic heterocycles. The maximum absolute atomic E-state index is 12.3. The standard InChI is InChI=1S/C17H26N2O2/c1-13(2)18(3)17(20)12-19-10-6-9-16(19)14-7-5-8-15(11-14)21-4/h5,7-8,11,13,16H,6,9-10,12H2,1-4H3. The number of hydrogen-bond acceptors (Lipinski definition) is 3. The highest BCUT2D eigenvalue weighted by atomic mass is 16.5. The van der Waals surface area contributed by atoms with Crippen LogP contribution in [-0.4, -0.2) is 49.0 Å². The largest absolute Gasteiger partial charge is 0.497 e. The number of hydrogen-bond donors (Lipinski definition) is 0. The van der Waals surface area contributed by atoms with Crippen molar-refractivity contribution in [3.63, 3.8) is 0 Å². The third-order valence-electron chi connectivity index (χ3n) is 4.35. The first-order valence-corrected chi connectivity index (χ1v) is 7.66. The molecule has 1 saturated heterocycles. The molecular formula is C17H26N2O2. The zero-order chi connectivity index (χ0) is 15.4. The van der Waals surface area contributed by atoms with Crippen LogP contribution in [0.1, 0.15) is 38.3 Å². The number of amides is 1. The third-order valence-corrected chi connectivity index (χ3v) is 4.35. The van der Waals surface area contributed by atoms with Gasteiger partial charge in [0.2, 0.25) is 5.91 Å². The van der Waals surface area contributed by atoms with Crippen molar-refractivity contribution in [3.8, 4) is 5.75 Å². The van der Waals surface area contributed by atoms with E-state index in [1.807, 2.05) is 37.9 Å². The van der Waals surface area contributed by atoms with Crippen molar-refractivity contribution in [2.75, 3.05) is 27.2 Å². The van der Waals surface area contributed by atoms with Gasteiger partial charge in [-0.15, -0.1) is 0 Å².